The number of carbonyl (C=O) groups excluding carboxylic acids is 1. The summed E-state index contributed by atoms with van der Waals surface area (Å²) in [6.45, 7) is 1.27. The SMILES string of the molecule is O=C1CCC2(COCc3ccccc32)N1. The minimum absolute atomic E-state index is 0.135. The van der Waals surface area contributed by atoms with Crippen molar-refractivity contribution in [1.82, 2.24) is 5.32 Å². The number of benzene rings is 1. The third-order valence-corrected chi connectivity index (χ3v) is 3.30. The first kappa shape index (κ1) is 8.92. The van der Waals surface area contributed by atoms with E-state index in [1.807, 2.05) is 12.1 Å². The average molecular weight is 203 g/mol. The second kappa shape index (κ2) is 3.07. The Balaban J connectivity index is 2.09. The highest BCUT2D eigenvalue weighted by molar-refractivity contribution is 5.80. The lowest BCUT2D eigenvalue weighted by molar-refractivity contribution is -0.120. The summed E-state index contributed by atoms with van der Waals surface area (Å²) in [7, 11) is 0. The van der Waals surface area contributed by atoms with Crippen LogP contribution >= 0.6 is 0 Å². The van der Waals surface area contributed by atoms with Crippen LogP contribution in [0.4, 0.5) is 0 Å². The van der Waals surface area contributed by atoms with Crippen LogP contribution in [0.1, 0.15) is 24.0 Å². The fourth-order valence-electron chi connectivity index (χ4n) is 2.56. The molecule has 2 aliphatic heterocycles. The van der Waals surface area contributed by atoms with E-state index in [0.29, 0.717) is 19.6 Å². The van der Waals surface area contributed by atoms with Gasteiger partial charge in [0.2, 0.25) is 5.91 Å². The first-order chi connectivity index (χ1) is 7.30. The van der Waals surface area contributed by atoms with Crippen LogP contribution in [0.2, 0.25) is 0 Å². The Morgan fingerprint density at radius 1 is 1.33 bits per heavy atom. The maximum atomic E-state index is 11.4. The smallest absolute Gasteiger partial charge is 0.220 e. The monoisotopic (exact) mass is 203 g/mol. The van der Waals surface area contributed by atoms with Gasteiger partial charge in [0, 0.05) is 6.42 Å². The molecule has 1 amide bonds. The highest BCUT2D eigenvalue weighted by atomic mass is 16.5. The van der Waals surface area contributed by atoms with Gasteiger partial charge >= 0.3 is 0 Å². The highest BCUT2D eigenvalue weighted by Gasteiger charge is 2.42. The molecule has 1 unspecified atom stereocenters. The summed E-state index contributed by atoms with van der Waals surface area (Å²) in [6, 6.07) is 8.21. The molecule has 0 aliphatic carbocycles. The summed E-state index contributed by atoms with van der Waals surface area (Å²) in [5, 5.41) is 3.06. The zero-order chi connectivity index (χ0) is 10.3. The predicted molar refractivity (Wildman–Crippen MR) is 55.2 cm³/mol. The molecule has 0 saturated carbocycles. The van der Waals surface area contributed by atoms with Gasteiger partial charge < -0.3 is 10.1 Å². The van der Waals surface area contributed by atoms with E-state index in [1.54, 1.807) is 0 Å². The average Bonchev–Trinajstić information content (AvgIpc) is 2.62. The van der Waals surface area contributed by atoms with Crippen LogP contribution in [0.25, 0.3) is 0 Å². The lowest BCUT2D eigenvalue weighted by atomic mass is 9.84. The maximum Gasteiger partial charge on any atom is 0.220 e. The van der Waals surface area contributed by atoms with Crippen LogP contribution in [0.3, 0.4) is 0 Å². The van der Waals surface area contributed by atoms with Crippen LogP contribution in [0.5, 0.6) is 0 Å². The van der Waals surface area contributed by atoms with E-state index < -0.39 is 0 Å². The van der Waals surface area contributed by atoms with Crippen molar-refractivity contribution < 1.29 is 9.53 Å². The van der Waals surface area contributed by atoms with Gasteiger partial charge in [0.05, 0.1) is 18.8 Å². The van der Waals surface area contributed by atoms with Crippen molar-refractivity contribution in [2.24, 2.45) is 0 Å². The quantitative estimate of drug-likeness (QED) is 0.690. The van der Waals surface area contributed by atoms with E-state index in [9.17, 15) is 4.79 Å². The molecule has 0 radical (unpaired) electrons. The molecule has 2 heterocycles. The minimum atomic E-state index is -0.244. The molecule has 3 nitrogen and oxygen atoms in total. The van der Waals surface area contributed by atoms with Crippen molar-refractivity contribution in [2.45, 2.75) is 25.0 Å². The van der Waals surface area contributed by atoms with Crippen LogP contribution in [-0.2, 0) is 21.7 Å². The molecule has 1 fully saturated rings. The third-order valence-electron chi connectivity index (χ3n) is 3.30. The van der Waals surface area contributed by atoms with Crippen LogP contribution < -0.4 is 5.32 Å². The Hall–Kier alpha value is -1.35. The Labute approximate surface area is 88.4 Å². The molecule has 1 aromatic rings. The molecule has 1 spiro atoms. The van der Waals surface area contributed by atoms with Crippen molar-refractivity contribution >= 4 is 5.91 Å². The van der Waals surface area contributed by atoms with Gasteiger partial charge in [0.1, 0.15) is 0 Å². The summed E-state index contributed by atoms with van der Waals surface area (Å²) in [5.74, 6) is 0.135. The standard InChI is InChI=1S/C12H13NO2/c14-11-5-6-12(13-11)8-15-7-9-3-1-2-4-10(9)12/h1-4H,5-8H2,(H,13,14). The number of carbonyl (C=O) groups is 1. The summed E-state index contributed by atoms with van der Waals surface area (Å²) in [5.41, 5.74) is 2.19. The summed E-state index contributed by atoms with van der Waals surface area (Å²) in [4.78, 5) is 11.4. The fourth-order valence-corrected chi connectivity index (χ4v) is 2.56. The number of nitrogens with one attached hydrogen (secondary N) is 1. The topological polar surface area (TPSA) is 38.3 Å². The second-order valence-corrected chi connectivity index (χ2v) is 4.28. The zero-order valence-electron chi connectivity index (χ0n) is 8.45. The van der Waals surface area contributed by atoms with E-state index in [2.05, 4.69) is 17.4 Å². The van der Waals surface area contributed by atoms with E-state index in [0.717, 1.165) is 6.42 Å². The third kappa shape index (κ3) is 1.27. The molecule has 1 atom stereocenters. The molecular formula is C12H13NO2. The second-order valence-electron chi connectivity index (χ2n) is 4.28. The highest BCUT2D eigenvalue weighted by Crippen LogP contribution is 2.37. The lowest BCUT2D eigenvalue weighted by Gasteiger charge is -2.35. The van der Waals surface area contributed by atoms with Gasteiger partial charge in [-0.2, -0.15) is 0 Å². The maximum absolute atomic E-state index is 11.4. The van der Waals surface area contributed by atoms with Gasteiger partial charge in [0.25, 0.3) is 0 Å². The Bertz CT molecular complexity index is 416. The Morgan fingerprint density at radius 2 is 2.20 bits per heavy atom. The van der Waals surface area contributed by atoms with Crippen molar-refractivity contribution in [1.29, 1.82) is 0 Å². The van der Waals surface area contributed by atoms with Gasteiger partial charge in [-0.15, -0.1) is 0 Å². The molecule has 0 bridgehead atoms. The molecule has 1 saturated heterocycles. The van der Waals surface area contributed by atoms with Crippen LogP contribution in [0, 0.1) is 0 Å². The zero-order valence-corrected chi connectivity index (χ0v) is 8.45. The van der Waals surface area contributed by atoms with E-state index in [4.69, 9.17) is 4.74 Å². The van der Waals surface area contributed by atoms with E-state index in [1.165, 1.54) is 11.1 Å². The van der Waals surface area contributed by atoms with Crippen LogP contribution in [-0.4, -0.2) is 12.5 Å². The number of amides is 1. The van der Waals surface area contributed by atoms with Gasteiger partial charge in [0.15, 0.2) is 0 Å². The molecule has 2 aliphatic rings. The van der Waals surface area contributed by atoms with Crippen molar-refractivity contribution in [3.8, 4) is 0 Å². The summed E-state index contributed by atoms with van der Waals surface area (Å²) in [6.07, 6.45) is 1.46. The molecular weight excluding hydrogens is 190 g/mol. The largest absolute Gasteiger partial charge is 0.374 e. The van der Waals surface area contributed by atoms with Crippen molar-refractivity contribution in [3.05, 3.63) is 35.4 Å². The number of hydrogen-bond acceptors (Lipinski definition) is 2. The fraction of sp³-hybridized carbons (Fsp3) is 0.417. The first-order valence-electron chi connectivity index (χ1n) is 5.27. The molecule has 0 aromatic heterocycles. The number of ether oxygens (including phenoxy) is 1. The number of hydrogen-bond donors (Lipinski definition) is 1. The first-order valence-corrected chi connectivity index (χ1v) is 5.27. The van der Waals surface area contributed by atoms with E-state index in [-0.39, 0.29) is 11.4 Å². The summed E-state index contributed by atoms with van der Waals surface area (Å²) >= 11 is 0. The summed E-state index contributed by atoms with van der Waals surface area (Å²) < 4.78 is 5.57. The Kier molecular flexibility index (Phi) is 1.83. The molecule has 1 N–H and O–H groups in total. The van der Waals surface area contributed by atoms with Gasteiger partial charge in [-0.1, -0.05) is 24.3 Å². The van der Waals surface area contributed by atoms with E-state index >= 15 is 0 Å². The normalized spacial score (nSPS) is 28.9. The van der Waals surface area contributed by atoms with Crippen LogP contribution in [0.15, 0.2) is 24.3 Å². The van der Waals surface area contributed by atoms with Gasteiger partial charge in [-0.3, -0.25) is 4.79 Å². The number of fused-ring (bicyclic) bond motifs is 2. The number of rotatable bonds is 0. The van der Waals surface area contributed by atoms with Gasteiger partial charge in [-0.25, -0.2) is 0 Å². The molecule has 3 heteroatoms. The molecule has 78 valence electrons. The van der Waals surface area contributed by atoms with Gasteiger partial charge in [-0.05, 0) is 17.5 Å². The lowest BCUT2D eigenvalue weighted by Crippen LogP contribution is -2.45. The minimum Gasteiger partial charge on any atom is -0.374 e. The van der Waals surface area contributed by atoms with Crippen molar-refractivity contribution in [3.63, 3.8) is 0 Å². The molecule has 3 rings (SSSR count). The predicted octanol–water partition coefficient (Wildman–Crippen LogP) is 1.32. The van der Waals surface area contributed by atoms with Crippen molar-refractivity contribution in [2.75, 3.05) is 6.61 Å². The Morgan fingerprint density at radius 3 is 3.00 bits per heavy atom. The molecule has 15 heavy (non-hydrogen) atoms. The molecule has 1 aromatic carbocycles.